The zero-order chi connectivity index (χ0) is 39.0. The second-order valence-corrected chi connectivity index (χ2v) is 8.40. The van der Waals surface area contributed by atoms with Gasteiger partial charge < -0.3 is 25.4 Å². The van der Waals surface area contributed by atoms with Gasteiger partial charge in [-0.05, 0) is 36.9 Å². The molecule has 4 N–H and O–H groups in total. The van der Waals surface area contributed by atoms with Crippen LogP contribution < -0.4 is 5.32 Å². The van der Waals surface area contributed by atoms with Crippen LogP contribution in [0.3, 0.4) is 0 Å². The van der Waals surface area contributed by atoms with Crippen LogP contribution in [0, 0.1) is 12.7 Å². The van der Waals surface area contributed by atoms with Crippen LogP contribution in [0.4, 0.5) is 10.2 Å². The molecule has 0 amide bonds. The highest BCUT2D eigenvalue weighted by Gasteiger charge is 2.45. The van der Waals surface area contributed by atoms with Gasteiger partial charge in [0.15, 0.2) is 22.1 Å². The number of fused-ring (bicyclic) bond motifs is 1. The number of aromatic nitrogens is 5. The molecule has 6 atom stereocenters. The van der Waals surface area contributed by atoms with Gasteiger partial charge in [0, 0.05) is 33.6 Å². The van der Waals surface area contributed by atoms with Crippen molar-refractivity contribution in [1.82, 2.24) is 25.0 Å². The van der Waals surface area contributed by atoms with Crippen molar-refractivity contribution < 1.29 is 45.0 Å². The Bertz CT molecular complexity index is 1900. The summed E-state index contributed by atoms with van der Waals surface area (Å²) in [7, 11) is 0. The minimum absolute atomic E-state index is 0.0148. The minimum Gasteiger partial charge on any atom is -0.394 e. The van der Waals surface area contributed by atoms with Crippen molar-refractivity contribution in [2.24, 2.45) is 0 Å². The van der Waals surface area contributed by atoms with E-state index < -0.39 is 95.7 Å². The van der Waals surface area contributed by atoms with E-state index in [9.17, 15) is 19.7 Å². The number of aliphatic hydroxyl groups is 3. The number of ether oxygens (including phenoxy) is 1. The van der Waals surface area contributed by atoms with Crippen molar-refractivity contribution in [2.45, 2.75) is 74.4 Å². The molecule has 2 aliphatic rings. The molecule has 10 nitrogen and oxygen atoms in total. The van der Waals surface area contributed by atoms with Crippen LogP contribution in [0.25, 0.3) is 11.2 Å². The second kappa shape index (κ2) is 10.5. The first-order chi connectivity index (χ1) is 22.8. The van der Waals surface area contributed by atoms with Crippen LogP contribution in [-0.2, 0) is 4.74 Å². The minimum atomic E-state index is -4.38. The zero-order valence-corrected chi connectivity index (χ0v) is 19.6. The summed E-state index contributed by atoms with van der Waals surface area (Å²) in [5.74, 6) is -3.37. The smallest absolute Gasteiger partial charge is 0.191 e. The molecule has 0 aliphatic heterocycles. The summed E-state index contributed by atoms with van der Waals surface area (Å²) in [5.41, 5.74) is -3.38. The number of hydrogen-bond donors (Lipinski definition) is 4. The molecule has 36 heavy (non-hydrogen) atoms. The second-order valence-electron chi connectivity index (χ2n) is 7.54. The van der Waals surface area contributed by atoms with Gasteiger partial charge in [0.2, 0.25) is 0 Å². The first-order valence-corrected chi connectivity index (χ1v) is 11.4. The molecule has 5 rings (SSSR count). The lowest BCUT2D eigenvalue weighted by molar-refractivity contribution is -0.0629. The first-order valence-electron chi connectivity index (χ1n) is 18.1. The Morgan fingerprint density at radius 1 is 1.33 bits per heavy atom. The lowest BCUT2D eigenvalue weighted by atomic mass is 10.1. The van der Waals surface area contributed by atoms with E-state index in [1.54, 1.807) is 0 Å². The molecule has 0 unspecified atom stereocenters. The number of halogens is 1. The van der Waals surface area contributed by atoms with E-state index in [1.807, 2.05) is 0 Å². The standard InChI is InChI=1S/C24H31FN6O4S/c1-3-8-36-24-27-22(26-16-10-14(16)13-5-4-12(2)15(25)9-13)19-23(28-24)31(30-29-19)17-11-18(35-7-6-32)21(34)20(17)33/h4-5,9,14,16-18,20-21,32-34H,3,6-8,10-11H2,1-2H3,(H,26,27,28)/t14-,16+,17+,18-,20-,21+/m0/s1/i6D2,7D2,8D2,10D2,11D2,14D,17D,18D,20D,21D. The summed E-state index contributed by atoms with van der Waals surface area (Å²) in [6.45, 7) is -5.20. The molecule has 2 aromatic heterocycles. The SMILES string of the molecule is [2H]C([2H])(CC)Sc1nc(N[C@@H]2C([2H])([2H])[C@@]2([2H])c2ccc(C)c(F)c2)c2nnn([C@]3([2H])C([2H])([2H])[C@]([2H])(OC([2H])([2H])C([2H])([2H])O)[C@@]([2H])(O)[C@@]3([2H])O)c2n1. The number of aryl methyl sites for hydroxylation is 1. The first kappa shape index (κ1) is 12.9. The van der Waals surface area contributed by atoms with E-state index in [2.05, 4.69) is 30.3 Å². The molecular formula is C24H31FN6O4S. The van der Waals surface area contributed by atoms with E-state index in [0.29, 0.717) is 11.8 Å². The number of nitrogens with zero attached hydrogens (tertiary/aromatic N) is 5. The Kier molecular flexibility index (Phi) is 3.78. The van der Waals surface area contributed by atoms with E-state index in [0.717, 1.165) is 6.07 Å². The third-order valence-corrected chi connectivity index (χ3v) is 5.96. The highest BCUT2D eigenvalue weighted by atomic mass is 32.2. The highest BCUT2D eigenvalue weighted by molar-refractivity contribution is 7.99. The number of benzene rings is 1. The number of nitrogens with one attached hydrogen (secondary N) is 1. The summed E-state index contributed by atoms with van der Waals surface area (Å²) in [6.07, 6.45) is -19.7. The summed E-state index contributed by atoms with van der Waals surface area (Å²) >= 11 is 0.366. The van der Waals surface area contributed by atoms with Gasteiger partial charge in [-0.1, -0.05) is 36.0 Å². The van der Waals surface area contributed by atoms with Gasteiger partial charge in [0.1, 0.15) is 18.0 Å². The lowest BCUT2D eigenvalue weighted by Crippen LogP contribution is -2.33. The van der Waals surface area contributed by atoms with E-state index in [1.165, 1.54) is 26.0 Å². The number of thioether (sulfide) groups is 1. The molecule has 3 aromatic rings. The van der Waals surface area contributed by atoms with E-state index in [-0.39, 0.29) is 22.2 Å². The molecule has 1 aromatic carbocycles. The summed E-state index contributed by atoms with van der Waals surface area (Å²) in [5, 5.41) is 41.4. The van der Waals surface area contributed by atoms with E-state index >= 15 is 0 Å². The number of anilines is 1. The van der Waals surface area contributed by atoms with Gasteiger partial charge in [-0.3, -0.25) is 0 Å². The maximum Gasteiger partial charge on any atom is 0.191 e. The fourth-order valence-corrected chi connectivity index (χ4v) is 3.89. The Hall–Kier alpha value is -2.38. The molecule has 0 radical (unpaired) electrons. The van der Waals surface area contributed by atoms with Crippen molar-refractivity contribution in [3.63, 3.8) is 0 Å². The van der Waals surface area contributed by atoms with Gasteiger partial charge in [0.25, 0.3) is 0 Å². The van der Waals surface area contributed by atoms with Crippen LogP contribution in [-0.4, -0.2) is 83.4 Å². The summed E-state index contributed by atoms with van der Waals surface area (Å²) < 4.78 is 143. The van der Waals surface area contributed by atoms with Crippen molar-refractivity contribution in [2.75, 3.05) is 24.1 Å². The van der Waals surface area contributed by atoms with Gasteiger partial charge >= 0.3 is 0 Å². The summed E-state index contributed by atoms with van der Waals surface area (Å²) in [6, 6.07) is -1.84. The maximum atomic E-state index is 14.5. The van der Waals surface area contributed by atoms with Crippen LogP contribution in [0.15, 0.2) is 23.4 Å². The average Bonchev–Trinajstić information content (AvgIpc) is 3.23. The maximum absolute atomic E-state index is 14.5. The Morgan fingerprint density at radius 2 is 2.17 bits per heavy atom. The molecule has 12 heteroatoms. The van der Waals surface area contributed by atoms with Crippen molar-refractivity contribution in [1.29, 1.82) is 0 Å². The fourth-order valence-electron chi connectivity index (χ4n) is 3.34. The topological polar surface area (TPSA) is 138 Å². The number of hydrogen-bond acceptors (Lipinski definition) is 10. The van der Waals surface area contributed by atoms with Crippen LogP contribution in [0.2, 0.25) is 0 Å². The molecule has 2 heterocycles. The highest BCUT2D eigenvalue weighted by Crippen LogP contribution is 2.44. The third-order valence-electron chi connectivity index (χ3n) is 5.16. The molecule has 2 aliphatic carbocycles. The molecule has 194 valence electrons. The zero-order valence-electron chi connectivity index (χ0n) is 33.8. The normalized spacial score (nSPS) is 47.9. The largest absolute Gasteiger partial charge is 0.394 e. The van der Waals surface area contributed by atoms with Crippen molar-refractivity contribution >= 4 is 28.7 Å². The van der Waals surface area contributed by atoms with Crippen LogP contribution in [0.1, 0.15) is 69.7 Å². The predicted molar refractivity (Wildman–Crippen MR) is 133 cm³/mol. The van der Waals surface area contributed by atoms with Gasteiger partial charge in [-0.25, -0.2) is 19.0 Å². The van der Waals surface area contributed by atoms with Crippen molar-refractivity contribution in [3.8, 4) is 0 Å². The quantitative estimate of drug-likeness (QED) is 0.227. The molecular weight excluding hydrogens is 487 g/mol. The number of rotatable bonds is 10. The monoisotopic (exact) mass is 533 g/mol. The summed E-state index contributed by atoms with van der Waals surface area (Å²) in [4.78, 5) is 8.23. The van der Waals surface area contributed by atoms with Gasteiger partial charge in [-0.2, -0.15) is 0 Å². The van der Waals surface area contributed by atoms with Crippen LogP contribution in [0.5, 0.6) is 0 Å². The van der Waals surface area contributed by atoms with Gasteiger partial charge in [0.05, 0.1) is 36.2 Å². The Labute approximate surface area is 233 Å². The average molecular weight is 534 g/mol. The lowest BCUT2D eigenvalue weighted by Gasteiger charge is -2.17. The molecule has 2 saturated carbocycles. The Morgan fingerprint density at radius 3 is 2.92 bits per heavy atom. The molecule has 0 saturated heterocycles. The van der Waals surface area contributed by atoms with Crippen LogP contribution >= 0.6 is 11.8 Å². The molecule has 2 fully saturated rings. The predicted octanol–water partition coefficient (Wildman–Crippen LogP) is 2.18. The van der Waals surface area contributed by atoms with Crippen molar-refractivity contribution in [3.05, 3.63) is 35.1 Å². The van der Waals surface area contributed by atoms with Gasteiger partial charge in [-0.15, -0.1) is 5.10 Å². The molecule has 0 spiro atoms. The molecule has 0 bridgehead atoms. The fraction of sp³-hybridized carbons (Fsp3) is 0.583. The third kappa shape index (κ3) is 4.92. The van der Waals surface area contributed by atoms with E-state index in [4.69, 9.17) is 20.6 Å². The Balaban J connectivity index is 1.72.